The predicted octanol–water partition coefficient (Wildman–Crippen LogP) is 4.26. The number of hydrogen-bond donors (Lipinski definition) is 1. The van der Waals surface area contributed by atoms with Crippen LogP contribution in [0.1, 0.15) is 34.0 Å². The lowest BCUT2D eigenvalue weighted by molar-refractivity contribution is 0.555. The Balaban J connectivity index is 2.02. The zero-order valence-corrected chi connectivity index (χ0v) is 12.2. The maximum atomic E-state index is 3.44. The van der Waals surface area contributed by atoms with Gasteiger partial charge >= 0.3 is 0 Å². The van der Waals surface area contributed by atoms with Crippen LogP contribution in [-0.4, -0.2) is 7.05 Å². The van der Waals surface area contributed by atoms with E-state index < -0.39 is 0 Å². The lowest BCUT2D eigenvalue weighted by atomic mass is 10.0. The molecule has 0 saturated carbocycles. The average molecular weight is 259 g/mol. The van der Waals surface area contributed by atoms with Crippen molar-refractivity contribution in [3.63, 3.8) is 0 Å². The van der Waals surface area contributed by atoms with Gasteiger partial charge in [0.15, 0.2) is 0 Å². The van der Waals surface area contributed by atoms with Gasteiger partial charge in [0.25, 0.3) is 0 Å². The molecule has 2 heteroatoms. The second kappa shape index (κ2) is 6.17. The van der Waals surface area contributed by atoms with Crippen molar-refractivity contribution in [1.82, 2.24) is 5.32 Å². The number of nitrogens with one attached hydrogen (secondary N) is 1. The van der Waals surface area contributed by atoms with Crippen molar-refractivity contribution in [2.24, 2.45) is 0 Å². The lowest BCUT2D eigenvalue weighted by Gasteiger charge is -2.16. The van der Waals surface area contributed by atoms with Crippen molar-refractivity contribution in [1.29, 1.82) is 0 Å². The van der Waals surface area contributed by atoms with E-state index in [2.05, 4.69) is 61.9 Å². The van der Waals surface area contributed by atoms with Crippen molar-refractivity contribution in [2.75, 3.05) is 7.05 Å². The standard InChI is InChI=1S/C16H21NS/c1-12-5-4-6-14(11-12)7-8-15(17-3)16-13(2)9-10-18-16/h4-6,9-11,15,17H,7-8H2,1-3H3. The van der Waals surface area contributed by atoms with Gasteiger partial charge in [-0.3, -0.25) is 0 Å². The van der Waals surface area contributed by atoms with Crippen molar-refractivity contribution in [3.05, 3.63) is 57.3 Å². The van der Waals surface area contributed by atoms with Crippen LogP contribution in [0, 0.1) is 13.8 Å². The van der Waals surface area contributed by atoms with Gasteiger partial charge in [-0.1, -0.05) is 29.8 Å². The maximum absolute atomic E-state index is 3.44. The fourth-order valence-corrected chi connectivity index (χ4v) is 3.40. The normalized spacial score (nSPS) is 12.6. The summed E-state index contributed by atoms with van der Waals surface area (Å²) in [4.78, 5) is 1.48. The molecule has 2 aromatic rings. The van der Waals surface area contributed by atoms with Crippen LogP contribution in [0.5, 0.6) is 0 Å². The van der Waals surface area contributed by atoms with Gasteiger partial charge in [0, 0.05) is 10.9 Å². The molecule has 2 rings (SSSR count). The minimum absolute atomic E-state index is 0.477. The van der Waals surface area contributed by atoms with E-state index >= 15 is 0 Å². The molecule has 1 N–H and O–H groups in total. The first kappa shape index (κ1) is 13.3. The summed E-state index contributed by atoms with van der Waals surface area (Å²) in [7, 11) is 2.06. The first-order valence-corrected chi connectivity index (χ1v) is 7.35. The molecule has 1 unspecified atom stereocenters. The minimum atomic E-state index is 0.477. The van der Waals surface area contributed by atoms with Gasteiger partial charge in [-0.25, -0.2) is 0 Å². The number of hydrogen-bond acceptors (Lipinski definition) is 2. The third-order valence-corrected chi connectivity index (χ3v) is 4.50. The molecule has 0 aliphatic heterocycles. The van der Waals surface area contributed by atoms with E-state index in [1.165, 1.54) is 21.6 Å². The fourth-order valence-electron chi connectivity index (χ4n) is 2.33. The van der Waals surface area contributed by atoms with Crippen molar-refractivity contribution >= 4 is 11.3 Å². The molecular weight excluding hydrogens is 238 g/mol. The molecule has 0 aliphatic rings. The molecular formula is C16H21NS. The summed E-state index contributed by atoms with van der Waals surface area (Å²) in [6.45, 7) is 4.35. The third kappa shape index (κ3) is 3.21. The van der Waals surface area contributed by atoms with Gasteiger partial charge in [-0.15, -0.1) is 11.3 Å². The maximum Gasteiger partial charge on any atom is 0.0418 e. The zero-order valence-electron chi connectivity index (χ0n) is 11.4. The molecule has 0 spiro atoms. The molecule has 1 atom stereocenters. The van der Waals surface area contributed by atoms with Gasteiger partial charge in [-0.2, -0.15) is 0 Å². The molecule has 0 aliphatic carbocycles. The molecule has 0 radical (unpaired) electrons. The van der Waals surface area contributed by atoms with Gasteiger partial charge in [-0.05, 0) is 56.3 Å². The second-order valence-electron chi connectivity index (χ2n) is 4.84. The van der Waals surface area contributed by atoms with Crippen LogP contribution in [0.25, 0.3) is 0 Å². The number of benzene rings is 1. The Morgan fingerprint density at radius 2 is 2.06 bits per heavy atom. The Morgan fingerprint density at radius 3 is 2.67 bits per heavy atom. The number of thiophene rings is 1. The van der Waals surface area contributed by atoms with Crippen molar-refractivity contribution in [3.8, 4) is 0 Å². The molecule has 0 bridgehead atoms. The first-order valence-electron chi connectivity index (χ1n) is 6.47. The summed E-state index contributed by atoms with van der Waals surface area (Å²) in [5.74, 6) is 0. The predicted molar refractivity (Wildman–Crippen MR) is 80.4 cm³/mol. The summed E-state index contributed by atoms with van der Waals surface area (Å²) in [5, 5.41) is 5.62. The van der Waals surface area contributed by atoms with Crippen LogP contribution >= 0.6 is 11.3 Å². The minimum Gasteiger partial charge on any atom is -0.312 e. The molecule has 1 heterocycles. The summed E-state index contributed by atoms with van der Waals surface area (Å²) in [5.41, 5.74) is 4.19. The molecule has 0 fully saturated rings. The van der Waals surface area contributed by atoms with E-state index in [0.29, 0.717) is 6.04 Å². The smallest absolute Gasteiger partial charge is 0.0418 e. The summed E-state index contributed by atoms with van der Waals surface area (Å²) >= 11 is 1.86. The second-order valence-corrected chi connectivity index (χ2v) is 5.78. The quantitative estimate of drug-likeness (QED) is 0.846. The van der Waals surface area contributed by atoms with Crippen molar-refractivity contribution < 1.29 is 0 Å². The van der Waals surface area contributed by atoms with E-state index in [-0.39, 0.29) is 0 Å². The van der Waals surface area contributed by atoms with Gasteiger partial charge in [0.05, 0.1) is 0 Å². The average Bonchev–Trinajstić information content (AvgIpc) is 2.77. The fraction of sp³-hybridized carbons (Fsp3) is 0.375. The monoisotopic (exact) mass is 259 g/mol. The van der Waals surface area contributed by atoms with E-state index in [1.807, 2.05) is 11.3 Å². The third-order valence-electron chi connectivity index (χ3n) is 3.37. The molecule has 18 heavy (non-hydrogen) atoms. The highest BCUT2D eigenvalue weighted by molar-refractivity contribution is 7.10. The molecule has 0 saturated heterocycles. The Bertz CT molecular complexity index is 501. The van der Waals surface area contributed by atoms with Gasteiger partial charge < -0.3 is 5.32 Å². The van der Waals surface area contributed by atoms with E-state index in [4.69, 9.17) is 0 Å². The topological polar surface area (TPSA) is 12.0 Å². The highest BCUT2D eigenvalue weighted by Gasteiger charge is 2.12. The highest BCUT2D eigenvalue weighted by atomic mass is 32.1. The van der Waals surface area contributed by atoms with Crippen LogP contribution in [-0.2, 0) is 6.42 Å². The highest BCUT2D eigenvalue weighted by Crippen LogP contribution is 2.27. The number of rotatable bonds is 5. The van der Waals surface area contributed by atoms with E-state index in [9.17, 15) is 0 Å². The summed E-state index contributed by atoms with van der Waals surface area (Å²) < 4.78 is 0. The van der Waals surface area contributed by atoms with Gasteiger partial charge in [0.1, 0.15) is 0 Å². The van der Waals surface area contributed by atoms with Crippen molar-refractivity contribution in [2.45, 2.75) is 32.7 Å². The van der Waals surface area contributed by atoms with Gasteiger partial charge in [0.2, 0.25) is 0 Å². The summed E-state index contributed by atoms with van der Waals surface area (Å²) in [6, 6.07) is 11.5. The molecule has 0 amide bonds. The molecule has 1 nitrogen and oxygen atoms in total. The van der Waals surface area contributed by atoms with Crippen LogP contribution < -0.4 is 5.32 Å². The first-order chi connectivity index (χ1) is 8.70. The number of aryl methyl sites for hydroxylation is 3. The molecule has 96 valence electrons. The molecule has 1 aromatic heterocycles. The summed E-state index contributed by atoms with van der Waals surface area (Å²) in [6.07, 6.45) is 2.28. The Morgan fingerprint density at radius 1 is 1.22 bits per heavy atom. The zero-order chi connectivity index (χ0) is 13.0. The van der Waals surface area contributed by atoms with Crippen LogP contribution in [0.15, 0.2) is 35.7 Å². The van der Waals surface area contributed by atoms with Crippen LogP contribution in [0.2, 0.25) is 0 Å². The Kier molecular flexibility index (Phi) is 4.56. The Hall–Kier alpha value is -1.12. The van der Waals surface area contributed by atoms with E-state index in [1.54, 1.807) is 0 Å². The SMILES string of the molecule is CNC(CCc1cccc(C)c1)c1sccc1C. The van der Waals surface area contributed by atoms with Crippen LogP contribution in [0.3, 0.4) is 0 Å². The van der Waals surface area contributed by atoms with Crippen LogP contribution in [0.4, 0.5) is 0 Å². The molecule has 1 aromatic carbocycles. The van der Waals surface area contributed by atoms with E-state index in [0.717, 1.165) is 12.8 Å². The largest absolute Gasteiger partial charge is 0.312 e. The lowest BCUT2D eigenvalue weighted by Crippen LogP contribution is -2.16. The Labute approximate surface area is 114 Å².